The molecule has 1 heterocycles. The number of anilines is 2. The van der Waals surface area contributed by atoms with E-state index in [-0.39, 0.29) is 5.92 Å². The first kappa shape index (κ1) is 35.3. The number of rotatable bonds is 7. The molecule has 1 aromatic heterocycles. The van der Waals surface area contributed by atoms with E-state index < -0.39 is 5.41 Å². The number of allylic oxidation sites excluding steroid dienone is 7. The second-order valence-corrected chi connectivity index (χ2v) is 16.3. The molecule has 0 bridgehead atoms. The van der Waals surface area contributed by atoms with Gasteiger partial charge in [-0.3, -0.25) is 0 Å². The van der Waals surface area contributed by atoms with Crippen molar-refractivity contribution in [3.05, 3.63) is 270 Å². The topological polar surface area (TPSA) is 16.4 Å². The summed E-state index contributed by atoms with van der Waals surface area (Å²) < 4.78 is 6.31. The quantitative estimate of drug-likeness (QED) is 0.160. The molecule has 0 radical (unpaired) electrons. The van der Waals surface area contributed by atoms with E-state index in [9.17, 15) is 0 Å². The van der Waals surface area contributed by atoms with Gasteiger partial charge in [0, 0.05) is 28.1 Å². The number of furan rings is 1. The van der Waals surface area contributed by atoms with Gasteiger partial charge in [-0.1, -0.05) is 188 Å². The SMILES string of the molecule is C1=CCC2C(=C1)C=CC(N(c1ccc(-c3cccc4oc5ccccc5c34)cc1)c1ccc3c(c1)-c1ccccc1C3(c1ccccc1)c1ccccc1)=C2c1ccccc1. The minimum Gasteiger partial charge on any atom is -0.456 e. The fraction of sp³-hybridized carbons (Fsp3) is 0.0508. The maximum absolute atomic E-state index is 6.31. The second kappa shape index (κ2) is 14.3. The first-order valence-corrected chi connectivity index (χ1v) is 21.3. The standard InChI is InChI=1S/C59H41NO/c1-4-18-42(19-5-1)57-47-24-11-10-17-40(47)33-38-54(57)60(45-34-31-41(32-35-45)48-27-16-30-56-58(48)50-26-13-15-29-55(50)61-56)46-36-37-53-51(39-46)49-25-12-14-28-52(49)59(53,43-20-6-2-7-21-43)44-22-8-3-9-23-44/h1-23,25-39,47H,24H2. The number of hydrogen-bond acceptors (Lipinski definition) is 2. The number of nitrogens with zero attached hydrogens (tertiary/aromatic N) is 1. The Morgan fingerprint density at radius 2 is 1.13 bits per heavy atom. The molecule has 0 fully saturated rings. The highest BCUT2D eigenvalue weighted by atomic mass is 16.3. The molecule has 3 aliphatic rings. The van der Waals surface area contributed by atoms with Crippen LogP contribution < -0.4 is 4.90 Å². The maximum Gasteiger partial charge on any atom is 0.136 e. The summed E-state index contributed by atoms with van der Waals surface area (Å²) in [5, 5.41) is 2.28. The molecule has 3 aliphatic carbocycles. The lowest BCUT2D eigenvalue weighted by Crippen LogP contribution is -2.28. The Labute approximate surface area is 356 Å². The second-order valence-electron chi connectivity index (χ2n) is 16.3. The molecule has 8 aromatic carbocycles. The average Bonchev–Trinajstić information content (AvgIpc) is 3.87. The Kier molecular flexibility index (Phi) is 8.24. The molecule has 9 aromatic rings. The van der Waals surface area contributed by atoms with Crippen LogP contribution in [0, 0.1) is 5.92 Å². The van der Waals surface area contributed by atoms with Crippen LogP contribution >= 0.6 is 0 Å². The molecular weight excluding hydrogens is 739 g/mol. The zero-order chi connectivity index (χ0) is 40.3. The lowest BCUT2D eigenvalue weighted by molar-refractivity contribution is 0.669. The number of benzene rings is 8. The van der Waals surface area contributed by atoms with Crippen LogP contribution in [0.3, 0.4) is 0 Å². The van der Waals surface area contributed by atoms with Gasteiger partial charge in [0.1, 0.15) is 11.2 Å². The number of hydrogen-bond donors (Lipinski definition) is 0. The highest BCUT2D eigenvalue weighted by Crippen LogP contribution is 2.57. The molecule has 61 heavy (non-hydrogen) atoms. The van der Waals surface area contributed by atoms with E-state index in [2.05, 4.69) is 229 Å². The van der Waals surface area contributed by atoms with Gasteiger partial charge in [-0.2, -0.15) is 0 Å². The Morgan fingerprint density at radius 1 is 0.492 bits per heavy atom. The Bertz CT molecular complexity index is 3220. The maximum atomic E-state index is 6.31. The molecule has 1 unspecified atom stereocenters. The van der Waals surface area contributed by atoms with Gasteiger partial charge < -0.3 is 9.32 Å². The molecule has 0 aliphatic heterocycles. The Hall–Kier alpha value is -7.68. The monoisotopic (exact) mass is 779 g/mol. The third kappa shape index (κ3) is 5.49. The van der Waals surface area contributed by atoms with Crippen LogP contribution in [0.4, 0.5) is 11.4 Å². The molecule has 0 spiro atoms. The van der Waals surface area contributed by atoms with E-state index in [1.807, 2.05) is 6.07 Å². The zero-order valence-corrected chi connectivity index (χ0v) is 33.6. The summed E-state index contributed by atoms with van der Waals surface area (Å²) in [5.74, 6) is 0.236. The van der Waals surface area contributed by atoms with E-state index >= 15 is 0 Å². The van der Waals surface area contributed by atoms with Gasteiger partial charge in [0.2, 0.25) is 0 Å². The molecule has 1 atom stereocenters. The molecule has 2 heteroatoms. The van der Waals surface area contributed by atoms with E-state index in [1.165, 1.54) is 61.4 Å². The van der Waals surface area contributed by atoms with Crippen molar-refractivity contribution >= 4 is 38.9 Å². The van der Waals surface area contributed by atoms with Crippen LogP contribution in [0.2, 0.25) is 0 Å². The van der Waals surface area contributed by atoms with Gasteiger partial charge in [0.05, 0.1) is 11.1 Å². The summed E-state index contributed by atoms with van der Waals surface area (Å²) in [7, 11) is 0. The fourth-order valence-electron chi connectivity index (χ4n) is 10.5. The van der Waals surface area contributed by atoms with Crippen molar-refractivity contribution < 1.29 is 4.42 Å². The van der Waals surface area contributed by atoms with Crippen molar-refractivity contribution in [1.82, 2.24) is 0 Å². The molecular formula is C59H41NO. The van der Waals surface area contributed by atoms with Gasteiger partial charge >= 0.3 is 0 Å². The lowest BCUT2D eigenvalue weighted by Gasteiger charge is -2.36. The van der Waals surface area contributed by atoms with Gasteiger partial charge in [-0.05, 0) is 110 Å². The van der Waals surface area contributed by atoms with Gasteiger partial charge in [0.25, 0.3) is 0 Å². The summed E-state index contributed by atoms with van der Waals surface area (Å²) in [5.41, 5.74) is 18.6. The first-order valence-electron chi connectivity index (χ1n) is 21.3. The minimum atomic E-state index is -0.467. The van der Waals surface area contributed by atoms with Crippen LogP contribution in [0.15, 0.2) is 246 Å². The molecule has 2 nitrogen and oxygen atoms in total. The Morgan fingerprint density at radius 3 is 1.92 bits per heavy atom. The largest absolute Gasteiger partial charge is 0.456 e. The van der Waals surface area contributed by atoms with Crippen LogP contribution in [0.1, 0.15) is 34.2 Å². The lowest BCUT2D eigenvalue weighted by atomic mass is 9.68. The van der Waals surface area contributed by atoms with Crippen molar-refractivity contribution in [3.63, 3.8) is 0 Å². The van der Waals surface area contributed by atoms with Crippen molar-refractivity contribution in [3.8, 4) is 22.3 Å². The number of para-hydroxylation sites is 1. The van der Waals surface area contributed by atoms with Crippen molar-refractivity contribution in [2.75, 3.05) is 4.90 Å². The third-order valence-electron chi connectivity index (χ3n) is 13.1. The number of fused-ring (bicyclic) bond motifs is 7. The molecule has 0 saturated heterocycles. The molecule has 0 saturated carbocycles. The predicted molar refractivity (Wildman–Crippen MR) is 253 cm³/mol. The predicted octanol–water partition coefficient (Wildman–Crippen LogP) is 15.2. The first-order chi connectivity index (χ1) is 30.3. The third-order valence-corrected chi connectivity index (χ3v) is 13.1. The highest BCUT2D eigenvalue weighted by Gasteiger charge is 2.46. The molecule has 288 valence electrons. The molecule has 0 N–H and O–H groups in total. The van der Waals surface area contributed by atoms with Crippen LogP contribution in [-0.4, -0.2) is 0 Å². The minimum absolute atomic E-state index is 0.236. The van der Waals surface area contributed by atoms with Crippen molar-refractivity contribution in [2.45, 2.75) is 11.8 Å². The van der Waals surface area contributed by atoms with Crippen LogP contribution in [-0.2, 0) is 5.41 Å². The van der Waals surface area contributed by atoms with E-state index in [1.54, 1.807) is 0 Å². The smallest absolute Gasteiger partial charge is 0.136 e. The van der Waals surface area contributed by atoms with Gasteiger partial charge in [0.15, 0.2) is 0 Å². The average molecular weight is 780 g/mol. The summed E-state index contributed by atoms with van der Waals surface area (Å²) in [4.78, 5) is 2.50. The van der Waals surface area contributed by atoms with Crippen LogP contribution in [0.5, 0.6) is 0 Å². The summed E-state index contributed by atoms with van der Waals surface area (Å²) in [6.07, 6.45) is 12.4. The summed E-state index contributed by atoms with van der Waals surface area (Å²) >= 11 is 0. The van der Waals surface area contributed by atoms with Crippen molar-refractivity contribution in [1.29, 1.82) is 0 Å². The zero-order valence-electron chi connectivity index (χ0n) is 33.6. The van der Waals surface area contributed by atoms with Gasteiger partial charge in [-0.15, -0.1) is 0 Å². The fourth-order valence-corrected chi connectivity index (χ4v) is 10.5. The van der Waals surface area contributed by atoms with E-state index in [4.69, 9.17) is 4.42 Å². The summed E-state index contributed by atoms with van der Waals surface area (Å²) in [6, 6.07) is 73.2. The van der Waals surface area contributed by atoms with Crippen LogP contribution in [0.25, 0.3) is 49.8 Å². The van der Waals surface area contributed by atoms with Gasteiger partial charge in [-0.25, -0.2) is 0 Å². The van der Waals surface area contributed by atoms with E-state index in [0.717, 1.165) is 45.3 Å². The van der Waals surface area contributed by atoms with Crippen molar-refractivity contribution in [2.24, 2.45) is 5.92 Å². The molecule has 12 rings (SSSR count). The summed E-state index contributed by atoms with van der Waals surface area (Å²) in [6.45, 7) is 0. The molecule has 0 amide bonds. The normalized spacial score (nSPS) is 16.0. The van der Waals surface area contributed by atoms with E-state index in [0.29, 0.717) is 0 Å². The Balaban J connectivity index is 1.09. The highest BCUT2D eigenvalue weighted by molar-refractivity contribution is 6.12.